The summed E-state index contributed by atoms with van der Waals surface area (Å²) in [5, 5.41) is 3.36. The van der Waals surface area contributed by atoms with E-state index in [1.54, 1.807) is 7.11 Å². The number of ether oxygens (including phenoxy) is 3. The summed E-state index contributed by atoms with van der Waals surface area (Å²) in [5.74, 6) is 4.89. The van der Waals surface area contributed by atoms with Gasteiger partial charge in [0.1, 0.15) is 13.2 Å². The molecule has 1 atom stereocenters. The van der Waals surface area contributed by atoms with Gasteiger partial charge in [-0.3, -0.25) is 5.32 Å². The molecule has 0 aromatic heterocycles. The van der Waals surface area contributed by atoms with Crippen LogP contribution in [0.4, 0.5) is 0 Å². The van der Waals surface area contributed by atoms with Crippen LogP contribution in [-0.2, 0) is 6.54 Å². The minimum Gasteiger partial charge on any atom is -0.493 e. The van der Waals surface area contributed by atoms with E-state index in [1.165, 1.54) is 0 Å². The molecule has 0 radical (unpaired) electrons. The molecule has 1 aromatic carbocycles. The molecule has 20 heavy (non-hydrogen) atoms. The van der Waals surface area contributed by atoms with E-state index in [4.69, 9.17) is 20.6 Å². The Bertz CT molecular complexity index is 476. The zero-order chi connectivity index (χ0) is 14.4. The Morgan fingerprint density at radius 1 is 1.40 bits per heavy atom. The van der Waals surface area contributed by atoms with Crippen molar-refractivity contribution in [1.29, 1.82) is 0 Å². The highest BCUT2D eigenvalue weighted by molar-refractivity contribution is 5.54. The van der Waals surface area contributed by atoms with Crippen LogP contribution in [0.5, 0.6) is 17.2 Å². The minimum absolute atomic E-state index is 0.0965. The fraction of sp³-hybridized carbons (Fsp3) is 0.500. The predicted octanol–water partition coefficient (Wildman–Crippen LogP) is 2.36. The Hall–Kier alpha value is -1.86. The molecule has 0 aliphatic carbocycles. The lowest BCUT2D eigenvalue weighted by molar-refractivity contribution is 0.165. The summed E-state index contributed by atoms with van der Waals surface area (Å²) in [6, 6.07) is 4.03. The van der Waals surface area contributed by atoms with Crippen molar-refractivity contribution in [2.24, 2.45) is 0 Å². The van der Waals surface area contributed by atoms with Crippen LogP contribution in [0, 0.1) is 12.3 Å². The molecule has 0 fully saturated rings. The quantitative estimate of drug-likeness (QED) is 0.809. The van der Waals surface area contributed by atoms with Crippen LogP contribution in [-0.4, -0.2) is 26.4 Å². The maximum atomic E-state index is 5.61. The molecule has 1 aliphatic heterocycles. The van der Waals surface area contributed by atoms with Gasteiger partial charge in [-0.1, -0.05) is 19.3 Å². The van der Waals surface area contributed by atoms with Crippen LogP contribution < -0.4 is 19.5 Å². The minimum atomic E-state index is 0.0965. The molecule has 1 heterocycles. The van der Waals surface area contributed by atoms with Gasteiger partial charge < -0.3 is 14.2 Å². The van der Waals surface area contributed by atoms with Gasteiger partial charge in [-0.25, -0.2) is 0 Å². The smallest absolute Gasteiger partial charge is 0.203 e. The fourth-order valence-electron chi connectivity index (χ4n) is 2.20. The molecule has 2 rings (SSSR count). The van der Waals surface area contributed by atoms with Gasteiger partial charge in [0.25, 0.3) is 0 Å². The van der Waals surface area contributed by atoms with E-state index in [-0.39, 0.29) is 6.04 Å². The molecule has 0 bridgehead atoms. The van der Waals surface area contributed by atoms with Crippen molar-refractivity contribution < 1.29 is 14.2 Å². The second-order valence-electron chi connectivity index (χ2n) is 4.71. The molecule has 108 valence electrons. The molecule has 1 N–H and O–H groups in total. The number of rotatable bonds is 6. The van der Waals surface area contributed by atoms with Crippen molar-refractivity contribution in [3.05, 3.63) is 17.7 Å². The van der Waals surface area contributed by atoms with Crippen molar-refractivity contribution in [2.45, 2.75) is 32.4 Å². The topological polar surface area (TPSA) is 39.7 Å². The third-order valence-corrected chi connectivity index (χ3v) is 3.22. The van der Waals surface area contributed by atoms with E-state index in [2.05, 4.69) is 18.2 Å². The summed E-state index contributed by atoms with van der Waals surface area (Å²) >= 11 is 0. The van der Waals surface area contributed by atoms with E-state index < -0.39 is 0 Å². The third kappa shape index (κ3) is 3.37. The average molecular weight is 275 g/mol. The van der Waals surface area contributed by atoms with Gasteiger partial charge in [0.15, 0.2) is 11.5 Å². The monoisotopic (exact) mass is 275 g/mol. The SMILES string of the molecule is C#CC(CCC)NCc1cc(OC)c2c(c1)OCCO2. The molecule has 4 heteroatoms. The average Bonchev–Trinajstić information content (AvgIpc) is 2.50. The van der Waals surface area contributed by atoms with Gasteiger partial charge in [-0.15, -0.1) is 6.42 Å². The molecule has 0 spiro atoms. The first-order valence-electron chi connectivity index (χ1n) is 6.94. The van der Waals surface area contributed by atoms with Gasteiger partial charge in [0.05, 0.1) is 13.2 Å². The Morgan fingerprint density at radius 3 is 2.90 bits per heavy atom. The normalized spacial score (nSPS) is 14.4. The number of hydrogen-bond donors (Lipinski definition) is 1. The standard InChI is InChI=1S/C16H21NO3/c1-4-6-13(5-2)17-11-12-9-14(18-3)16-15(10-12)19-7-8-20-16/h2,9-10,13,17H,4,6-8,11H2,1,3H3. The van der Waals surface area contributed by atoms with Crippen LogP contribution in [0.3, 0.4) is 0 Å². The van der Waals surface area contributed by atoms with E-state index in [0.717, 1.165) is 24.2 Å². The largest absolute Gasteiger partial charge is 0.493 e. The number of fused-ring (bicyclic) bond motifs is 1. The van der Waals surface area contributed by atoms with Crippen LogP contribution in [0.25, 0.3) is 0 Å². The van der Waals surface area contributed by atoms with Gasteiger partial charge in [0, 0.05) is 6.54 Å². The molecular formula is C16H21NO3. The lowest BCUT2D eigenvalue weighted by atomic mass is 10.1. The fourth-order valence-corrected chi connectivity index (χ4v) is 2.20. The van der Waals surface area contributed by atoms with Gasteiger partial charge in [-0.2, -0.15) is 0 Å². The summed E-state index contributed by atoms with van der Waals surface area (Å²) in [4.78, 5) is 0. The van der Waals surface area contributed by atoms with Crippen LogP contribution in [0.15, 0.2) is 12.1 Å². The number of benzene rings is 1. The van der Waals surface area contributed by atoms with E-state index in [0.29, 0.717) is 31.3 Å². The van der Waals surface area contributed by atoms with Crippen molar-refractivity contribution in [3.63, 3.8) is 0 Å². The first kappa shape index (κ1) is 14.5. The van der Waals surface area contributed by atoms with Crippen LogP contribution in [0.1, 0.15) is 25.3 Å². The Labute approximate surface area is 120 Å². The number of nitrogens with one attached hydrogen (secondary N) is 1. The molecular weight excluding hydrogens is 254 g/mol. The highest BCUT2D eigenvalue weighted by atomic mass is 16.6. The van der Waals surface area contributed by atoms with Crippen molar-refractivity contribution >= 4 is 0 Å². The lowest BCUT2D eigenvalue weighted by Crippen LogP contribution is -2.27. The van der Waals surface area contributed by atoms with Gasteiger partial charge in [-0.05, 0) is 24.1 Å². The van der Waals surface area contributed by atoms with Crippen molar-refractivity contribution in [1.82, 2.24) is 5.32 Å². The summed E-state index contributed by atoms with van der Waals surface area (Å²) < 4.78 is 16.6. The second kappa shape index (κ2) is 7.06. The Morgan fingerprint density at radius 2 is 2.20 bits per heavy atom. The van der Waals surface area contributed by atoms with Crippen LogP contribution in [0.2, 0.25) is 0 Å². The molecule has 4 nitrogen and oxygen atoms in total. The molecule has 0 saturated carbocycles. The van der Waals surface area contributed by atoms with E-state index in [9.17, 15) is 0 Å². The molecule has 1 aromatic rings. The van der Waals surface area contributed by atoms with Crippen molar-refractivity contribution in [3.8, 4) is 29.6 Å². The highest BCUT2D eigenvalue weighted by Gasteiger charge is 2.18. The lowest BCUT2D eigenvalue weighted by Gasteiger charge is -2.22. The summed E-state index contributed by atoms with van der Waals surface area (Å²) in [7, 11) is 1.63. The number of terminal acetylenes is 1. The summed E-state index contributed by atoms with van der Waals surface area (Å²) in [6.45, 7) is 3.92. The zero-order valence-electron chi connectivity index (χ0n) is 12.1. The Balaban J connectivity index is 2.10. The first-order chi connectivity index (χ1) is 9.78. The highest BCUT2D eigenvalue weighted by Crippen LogP contribution is 2.40. The van der Waals surface area contributed by atoms with E-state index in [1.807, 2.05) is 12.1 Å². The van der Waals surface area contributed by atoms with E-state index >= 15 is 0 Å². The molecule has 1 unspecified atom stereocenters. The molecule has 1 aliphatic rings. The van der Waals surface area contributed by atoms with Crippen molar-refractivity contribution in [2.75, 3.05) is 20.3 Å². The van der Waals surface area contributed by atoms with Gasteiger partial charge in [0.2, 0.25) is 5.75 Å². The number of methoxy groups -OCH3 is 1. The van der Waals surface area contributed by atoms with Gasteiger partial charge >= 0.3 is 0 Å². The summed E-state index contributed by atoms with van der Waals surface area (Å²) in [6.07, 6.45) is 7.54. The maximum absolute atomic E-state index is 5.61. The summed E-state index contributed by atoms with van der Waals surface area (Å²) in [5.41, 5.74) is 1.07. The Kier molecular flexibility index (Phi) is 5.14. The second-order valence-corrected chi connectivity index (χ2v) is 4.71. The third-order valence-electron chi connectivity index (χ3n) is 3.22. The molecule has 0 saturated heterocycles. The number of hydrogen-bond acceptors (Lipinski definition) is 4. The molecule has 0 amide bonds. The maximum Gasteiger partial charge on any atom is 0.203 e. The first-order valence-corrected chi connectivity index (χ1v) is 6.94. The zero-order valence-corrected chi connectivity index (χ0v) is 12.1. The van der Waals surface area contributed by atoms with Crippen LogP contribution >= 0.6 is 0 Å². The predicted molar refractivity (Wildman–Crippen MR) is 78.4 cm³/mol.